The summed E-state index contributed by atoms with van der Waals surface area (Å²) >= 11 is 5.98. The summed E-state index contributed by atoms with van der Waals surface area (Å²) < 4.78 is 47.4. The third-order valence-corrected chi connectivity index (χ3v) is 4.14. The van der Waals surface area contributed by atoms with Crippen molar-refractivity contribution in [3.8, 4) is 11.3 Å². The first-order chi connectivity index (χ1) is 12.7. The van der Waals surface area contributed by atoms with E-state index >= 15 is 0 Å². The quantitative estimate of drug-likeness (QED) is 0.306. The van der Waals surface area contributed by atoms with Crippen molar-refractivity contribution in [2.75, 3.05) is 13.1 Å². The van der Waals surface area contributed by atoms with Crippen molar-refractivity contribution in [1.82, 2.24) is 4.58 Å². The maximum Gasteiger partial charge on any atom is 0.673 e. The van der Waals surface area contributed by atoms with Gasteiger partial charge < -0.3 is 21.7 Å². The van der Waals surface area contributed by atoms with Crippen LogP contribution in [0.25, 0.3) is 22.3 Å². The second-order valence-corrected chi connectivity index (χ2v) is 6.10. The number of para-hydroxylation sites is 1. The summed E-state index contributed by atoms with van der Waals surface area (Å²) in [5.41, 5.74) is 1.93. The molecule has 3 aromatic rings. The molecule has 1 aromatic heterocycles. The van der Waals surface area contributed by atoms with Gasteiger partial charge in [0.15, 0.2) is 0 Å². The Bertz CT molecular complexity index is 956. The highest BCUT2D eigenvalue weighted by molar-refractivity contribution is 6.50. The average molecular weight is 400 g/mol. The number of hydrogen-bond donors (Lipinski definition) is 0. The summed E-state index contributed by atoms with van der Waals surface area (Å²) in [6.45, 7) is 6.27. The standard InChI is InChI=1S/C19H19ClNO.BF4/c1-3-21(4-2)17-13-19(14-9-11-15(20)12-10-14)22-18-8-6-5-7-16(17)18;2-1(3,4)5/h5-13H,3-4H2,1-2H3;/q+1;-1. The molecule has 27 heavy (non-hydrogen) atoms. The van der Waals surface area contributed by atoms with Crippen LogP contribution in [0.5, 0.6) is 0 Å². The van der Waals surface area contributed by atoms with Crippen LogP contribution in [0.4, 0.5) is 17.3 Å². The van der Waals surface area contributed by atoms with Crippen LogP contribution in [-0.2, 0) is 0 Å². The van der Waals surface area contributed by atoms with E-state index in [1.807, 2.05) is 42.5 Å². The summed E-state index contributed by atoms with van der Waals surface area (Å²) in [5.74, 6) is 0.859. The summed E-state index contributed by atoms with van der Waals surface area (Å²) in [7, 11) is -6.00. The minimum Gasteiger partial charge on any atom is -0.456 e. The van der Waals surface area contributed by atoms with Gasteiger partial charge >= 0.3 is 7.25 Å². The Balaban J connectivity index is 0.000000465. The van der Waals surface area contributed by atoms with Crippen LogP contribution in [0.2, 0.25) is 5.02 Å². The van der Waals surface area contributed by atoms with Gasteiger partial charge in [-0.15, -0.1) is 0 Å². The smallest absolute Gasteiger partial charge is 0.456 e. The molecule has 0 aliphatic carbocycles. The van der Waals surface area contributed by atoms with E-state index in [1.54, 1.807) is 0 Å². The molecule has 0 spiro atoms. The van der Waals surface area contributed by atoms with E-state index in [9.17, 15) is 17.3 Å². The molecule has 144 valence electrons. The molecule has 1 heterocycles. The largest absolute Gasteiger partial charge is 0.673 e. The second-order valence-electron chi connectivity index (χ2n) is 5.67. The zero-order valence-corrected chi connectivity index (χ0v) is 15.7. The van der Waals surface area contributed by atoms with E-state index in [1.165, 1.54) is 5.36 Å². The van der Waals surface area contributed by atoms with Gasteiger partial charge in [-0.05, 0) is 50.2 Å². The lowest BCUT2D eigenvalue weighted by atomic mass is 10.1. The van der Waals surface area contributed by atoms with Crippen molar-refractivity contribution in [3.05, 3.63) is 65.0 Å². The molecule has 0 fully saturated rings. The number of nitrogens with zero attached hydrogens (tertiary/aromatic N) is 1. The highest BCUT2D eigenvalue weighted by Crippen LogP contribution is 2.23. The molecule has 3 rings (SSSR count). The van der Waals surface area contributed by atoms with Crippen molar-refractivity contribution in [2.24, 2.45) is 0 Å². The lowest BCUT2D eigenvalue weighted by Crippen LogP contribution is -2.30. The third-order valence-electron chi connectivity index (χ3n) is 3.88. The van der Waals surface area contributed by atoms with Gasteiger partial charge in [0.1, 0.15) is 24.4 Å². The Labute approximate surface area is 159 Å². The lowest BCUT2D eigenvalue weighted by molar-refractivity contribution is 0.368. The van der Waals surface area contributed by atoms with Crippen molar-refractivity contribution in [3.63, 3.8) is 0 Å². The van der Waals surface area contributed by atoms with Gasteiger partial charge in [0.05, 0.1) is 11.5 Å². The SMILES string of the molecule is CC[N+](CC)=c1cc(-c2ccc(Cl)cc2)oc2ccccc12.F[B-](F)(F)F. The van der Waals surface area contributed by atoms with Crippen LogP contribution in [0.15, 0.2) is 59.0 Å². The van der Waals surface area contributed by atoms with Crippen molar-refractivity contribution in [2.45, 2.75) is 13.8 Å². The van der Waals surface area contributed by atoms with Gasteiger partial charge in [0.25, 0.3) is 0 Å². The Kier molecular flexibility index (Phi) is 7.08. The summed E-state index contributed by atoms with van der Waals surface area (Å²) in [4.78, 5) is 0. The summed E-state index contributed by atoms with van der Waals surface area (Å²) in [6.07, 6.45) is 0. The fraction of sp³-hybridized carbons (Fsp3) is 0.211. The maximum absolute atomic E-state index is 9.75. The first kappa shape index (κ1) is 21.0. The van der Waals surface area contributed by atoms with Crippen molar-refractivity contribution in [1.29, 1.82) is 0 Å². The molecule has 0 amide bonds. The fourth-order valence-corrected chi connectivity index (χ4v) is 2.83. The van der Waals surface area contributed by atoms with E-state index in [4.69, 9.17) is 16.0 Å². The van der Waals surface area contributed by atoms with Crippen molar-refractivity contribution < 1.29 is 21.7 Å². The van der Waals surface area contributed by atoms with Crippen LogP contribution in [0.1, 0.15) is 13.8 Å². The minimum absolute atomic E-state index is 0.730. The Morgan fingerprint density at radius 3 is 2.04 bits per heavy atom. The second kappa shape index (κ2) is 9.08. The predicted octanol–water partition coefficient (Wildman–Crippen LogP) is 5.87. The third kappa shape index (κ3) is 6.13. The van der Waals surface area contributed by atoms with Crippen LogP contribution < -0.4 is 9.93 Å². The molecule has 0 bridgehead atoms. The molecule has 0 saturated heterocycles. The van der Waals surface area contributed by atoms with Crippen molar-refractivity contribution >= 4 is 29.8 Å². The Morgan fingerprint density at radius 2 is 1.48 bits per heavy atom. The van der Waals surface area contributed by atoms with E-state index in [0.717, 1.165) is 40.4 Å². The van der Waals surface area contributed by atoms with Crippen LogP contribution >= 0.6 is 11.6 Å². The Morgan fingerprint density at radius 1 is 0.926 bits per heavy atom. The van der Waals surface area contributed by atoms with E-state index in [0.29, 0.717) is 0 Å². The number of halogens is 5. The first-order valence-electron chi connectivity index (χ1n) is 8.47. The molecule has 8 heteroatoms. The average Bonchev–Trinajstić information content (AvgIpc) is 2.62. The minimum atomic E-state index is -6.00. The Hall–Kier alpha value is -2.28. The molecule has 2 nitrogen and oxygen atoms in total. The van der Waals surface area contributed by atoms with Gasteiger partial charge in [0.2, 0.25) is 5.36 Å². The van der Waals surface area contributed by atoms with E-state index < -0.39 is 7.25 Å². The highest BCUT2D eigenvalue weighted by atomic mass is 35.5. The number of rotatable bonds is 3. The van der Waals surface area contributed by atoms with Gasteiger partial charge in [0, 0.05) is 10.6 Å². The lowest BCUT2D eigenvalue weighted by Gasteiger charge is -2.05. The first-order valence-corrected chi connectivity index (χ1v) is 8.84. The molecule has 0 unspecified atom stereocenters. The molecule has 0 radical (unpaired) electrons. The maximum atomic E-state index is 9.75. The molecule has 0 aliphatic rings. The number of hydrogen-bond acceptors (Lipinski definition) is 1. The number of benzene rings is 2. The topological polar surface area (TPSA) is 16.1 Å². The highest BCUT2D eigenvalue weighted by Gasteiger charge is 2.20. The van der Waals surface area contributed by atoms with Crippen LogP contribution in [0.3, 0.4) is 0 Å². The zero-order chi connectivity index (χ0) is 20.0. The summed E-state index contributed by atoms with van der Waals surface area (Å²) in [6, 6.07) is 18.1. The molecular weight excluding hydrogens is 380 g/mol. The normalized spacial score (nSPS) is 11.1. The molecule has 0 saturated carbocycles. The number of fused-ring (bicyclic) bond motifs is 1. The molecule has 0 N–H and O–H groups in total. The van der Waals surface area contributed by atoms with E-state index in [-0.39, 0.29) is 0 Å². The molecular formula is C19H19BClF4NO. The molecule has 0 atom stereocenters. The van der Waals surface area contributed by atoms with Gasteiger partial charge in [-0.25, -0.2) is 4.58 Å². The molecule has 2 aromatic carbocycles. The van der Waals surface area contributed by atoms with Crippen LogP contribution in [0, 0.1) is 0 Å². The molecule has 0 aliphatic heterocycles. The van der Waals surface area contributed by atoms with Gasteiger partial charge in [-0.1, -0.05) is 23.7 Å². The fourth-order valence-electron chi connectivity index (χ4n) is 2.70. The zero-order valence-electron chi connectivity index (χ0n) is 14.9. The predicted molar refractivity (Wildman–Crippen MR) is 103 cm³/mol. The van der Waals surface area contributed by atoms with E-state index in [2.05, 4.69) is 30.6 Å². The van der Waals surface area contributed by atoms with Crippen LogP contribution in [-0.4, -0.2) is 20.3 Å². The summed E-state index contributed by atoms with van der Waals surface area (Å²) in [5, 5.41) is 3.08. The van der Waals surface area contributed by atoms with Gasteiger partial charge in [-0.3, -0.25) is 0 Å². The van der Waals surface area contributed by atoms with Gasteiger partial charge in [-0.2, -0.15) is 0 Å². The monoisotopic (exact) mass is 399 g/mol.